The molecule has 1 aromatic carbocycles. The van der Waals surface area contributed by atoms with Crippen molar-refractivity contribution in [3.05, 3.63) is 54.5 Å². The first-order chi connectivity index (χ1) is 14.5. The lowest BCUT2D eigenvalue weighted by Crippen LogP contribution is -2.51. The smallest absolute Gasteiger partial charge is 0.283 e. The molecule has 0 aliphatic carbocycles. The minimum atomic E-state index is -3.75. The molecule has 0 amide bonds. The fraction of sp³-hybridized carbons (Fsp3) is 0.350. The number of hydrogen-bond acceptors (Lipinski definition) is 8. The topological polar surface area (TPSA) is 105 Å². The Morgan fingerprint density at radius 2 is 1.83 bits per heavy atom. The minimum Gasteiger partial charge on any atom is -0.353 e. The van der Waals surface area contributed by atoms with Crippen molar-refractivity contribution in [2.45, 2.75) is 36.7 Å². The van der Waals surface area contributed by atoms with Crippen molar-refractivity contribution in [1.29, 1.82) is 0 Å². The monoisotopic (exact) mass is 425 g/mol. The van der Waals surface area contributed by atoms with Crippen LogP contribution in [0.15, 0.2) is 53.8 Å². The molecular weight excluding hydrogens is 402 g/mol. The van der Waals surface area contributed by atoms with E-state index >= 15 is 0 Å². The van der Waals surface area contributed by atoms with Crippen molar-refractivity contribution in [3.63, 3.8) is 0 Å². The van der Waals surface area contributed by atoms with Gasteiger partial charge in [-0.25, -0.2) is 4.98 Å². The van der Waals surface area contributed by atoms with Crippen LogP contribution in [-0.4, -0.2) is 52.7 Å². The number of anilines is 3. The Labute approximate surface area is 175 Å². The van der Waals surface area contributed by atoms with E-state index in [9.17, 15) is 8.42 Å². The number of aromatic nitrogens is 4. The minimum absolute atomic E-state index is 0.189. The van der Waals surface area contributed by atoms with Gasteiger partial charge in [-0.3, -0.25) is 0 Å². The highest BCUT2D eigenvalue weighted by molar-refractivity contribution is 7.89. The van der Waals surface area contributed by atoms with Gasteiger partial charge < -0.3 is 15.5 Å². The van der Waals surface area contributed by atoms with Crippen molar-refractivity contribution >= 4 is 27.5 Å². The highest BCUT2D eigenvalue weighted by Crippen LogP contribution is 2.25. The summed E-state index contributed by atoms with van der Waals surface area (Å²) in [4.78, 5) is 11.4. The average Bonchev–Trinajstić information content (AvgIpc) is 3.35. The van der Waals surface area contributed by atoms with Gasteiger partial charge in [0.2, 0.25) is 5.95 Å². The molecule has 5 rings (SSSR count). The Morgan fingerprint density at radius 1 is 1.10 bits per heavy atom. The summed E-state index contributed by atoms with van der Waals surface area (Å²) in [6, 6.07) is 9.61. The molecule has 2 aromatic heterocycles. The Bertz CT molecular complexity index is 1150. The Balaban J connectivity index is 1.34. The molecule has 2 aliphatic rings. The second kappa shape index (κ2) is 7.37. The largest absolute Gasteiger partial charge is 0.353 e. The summed E-state index contributed by atoms with van der Waals surface area (Å²) in [7, 11) is -3.75. The molecule has 2 atom stereocenters. The number of nitrogens with zero attached hydrogens (tertiary/aromatic N) is 5. The molecule has 2 saturated heterocycles. The van der Waals surface area contributed by atoms with Crippen molar-refractivity contribution in [1.82, 2.24) is 24.5 Å². The van der Waals surface area contributed by atoms with Crippen LogP contribution >= 0.6 is 0 Å². The number of piperazine rings is 1. The van der Waals surface area contributed by atoms with E-state index in [1.807, 2.05) is 13.0 Å². The maximum Gasteiger partial charge on any atom is 0.283 e. The standard InChI is InChI=1S/C20H23N7O2S/c1-14-2-6-18(7-3-14)30(28,29)27-13-17(10-22-27)24-20-21-9-8-19(25-20)26-11-15-4-5-16(12-26)23-15/h2-3,6-10,13,15-16,23H,4-5,11-12H2,1H3,(H,21,24,25)/t15-,16?/m1/s1. The van der Waals surface area contributed by atoms with Crippen molar-refractivity contribution in [2.24, 2.45) is 0 Å². The average molecular weight is 426 g/mol. The van der Waals surface area contributed by atoms with Crippen molar-refractivity contribution in [3.8, 4) is 0 Å². The van der Waals surface area contributed by atoms with Crippen LogP contribution in [0.4, 0.5) is 17.5 Å². The van der Waals surface area contributed by atoms with Gasteiger partial charge in [0.05, 0.1) is 23.0 Å². The van der Waals surface area contributed by atoms with Crippen LogP contribution < -0.4 is 15.5 Å². The van der Waals surface area contributed by atoms with Crippen LogP contribution in [0.25, 0.3) is 0 Å². The number of fused-ring (bicyclic) bond motifs is 2. The van der Waals surface area contributed by atoms with E-state index in [0.717, 1.165) is 28.6 Å². The van der Waals surface area contributed by atoms with E-state index < -0.39 is 10.0 Å². The molecule has 2 N–H and O–H groups in total. The van der Waals surface area contributed by atoms with Crippen molar-refractivity contribution in [2.75, 3.05) is 23.3 Å². The fourth-order valence-electron chi connectivity index (χ4n) is 4.02. The van der Waals surface area contributed by atoms with Gasteiger partial charge in [0.25, 0.3) is 10.0 Å². The van der Waals surface area contributed by atoms with Gasteiger partial charge in [-0.15, -0.1) is 0 Å². The summed E-state index contributed by atoms with van der Waals surface area (Å²) < 4.78 is 26.5. The summed E-state index contributed by atoms with van der Waals surface area (Å²) in [6.45, 7) is 3.77. The molecular formula is C20H23N7O2S. The Kier molecular flexibility index (Phi) is 4.67. The van der Waals surface area contributed by atoms with Gasteiger partial charge in [0, 0.05) is 31.4 Å². The van der Waals surface area contributed by atoms with E-state index in [-0.39, 0.29) is 4.90 Å². The highest BCUT2D eigenvalue weighted by atomic mass is 32.2. The molecule has 1 unspecified atom stereocenters. The van der Waals surface area contributed by atoms with Crippen molar-refractivity contribution < 1.29 is 8.42 Å². The zero-order valence-corrected chi connectivity index (χ0v) is 17.4. The molecule has 2 fully saturated rings. The van der Waals surface area contributed by atoms with E-state index in [2.05, 4.69) is 30.6 Å². The van der Waals surface area contributed by atoms with Crippen LogP contribution in [-0.2, 0) is 10.0 Å². The lowest BCUT2D eigenvalue weighted by atomic mass is 10.2. The predicted molar refractivity (Wildman–Crippen MR) is 113 cm³/mol. The molecule has 30 heavy (non-hydrogen) atoms. The lowest BCUT2D eigenvalue weighted by Gasteiger charge is -2.33. The number of rotatable bonds is 5. The zero-order chi connectivity index (χ0) is 20.7. The molecule has 3 aromatic rings. The first kappa shape index (κ1) is 19.0. The summed E-state index contributed by atoms with van der Waals surface area (Å²) in [5, 5.41) is 10.7. The van der Waals surface area contributed by atoms with E-state index in [1.165, 1.54) is 25.2 Å². The van der Waals surface area contributed by atoms with Crippen LogP contribution in [0.1, 0.15) is 18.4 Å². The van der Waals surface area contributed by atoms with Crippen LogP contribution in [0.3, 0.4) is 0 Å². The SMILES string of the molecule is Cc1ccc(S(=O)(=O)n2cc(Nc3nccc(N4CC5CC[C@H](C4)N5)n3)cn2)cc1. The third-order valence-corrected chi connectivity index (χ3v) is 7.12. The molecule has 0 saturated carbocycles. The van der Waals surface area contributed by atoms with E-state index in [4.69, 9.17) is 0 Å². The van der Waals surface area contributed by atoms with Gasteiger partial charge in [0.15, 0.2) is 0 Å². The molecule has 2 aliphatic heterocycles. The maximum absolute atomic E-state index is 12.8. The summed E-state index contributed by atoms with van der Waals surface area (Å²) >= 11 is 0. The third-order valence-electron chi connectivity index (χ3n) is 5.56. The van der Waals surface area contributed by atoms with Crippen LogP contribution in [0, 0.1) is 6.92 Å². The molecule has 0 spiro atoms. The molecule has 10 heteroatoms. The number of nitrogens with one attached hydrogen (secondary N) is 2. The first-order valence-electron chi connectivity index (χ1n) is 9.95. The van der Waals surface area contributed by atoms with Crippen LogP contribution in [0.5, 0.6) is 0 Å². The van der Waals surface area contributed by atoms with Crippen LogP contribution in [0.2, 0.25) is 0 Å². The molecule has 2 bridgehead atoms. The number of aryl methyl sites for hydroxylation is 1. The summed E-state index contributed by atoms with van der Waals surface area (Å²) in [5.41, 5.74) is 1.49. The van der Waals surface area contributed by atoms with Gasteiger partial charge >= 0.3 is 0 Å². The first-order valence-corrected chi connectivity index (χ1v) is 11.4. The molecule has 156 valence electrons. The van der Waals surface area contributed by atoms with Gasteiger partial charge in [0.1, 0.15) is 5.82 Å². The second-order valence-electron chi connectivity index (χ2n) is 7.83. The number of benzene rings is 1. The Hall–Kier alpha value is -2.98. The third kappa shape index (κ3) is 3.63. The molecule has 4 heterocycles. The summed E-state index contributed by atoms with van der Waals surface area (Å²) in [6.07, 6.45) is 6.99. The maximum atomic E-state index is 12.8. The zero-order valence-electron chi connectivity index (χ0n) is 16.6. The molecule has 9 nitrogen and oxygen atoms in total. The number of hydrogen-bond donors (Lipinski definition) is 2. The normalized spacial score (nSPS) is 21.0. The van der Waals surface area contributed by atoms with Gasteiger partial charge in [-0.1, -0.05) is 17.7 Å². The Morgan fingerprint density at radius 3 is 2.57 bits per heavy atom. The quantitative estimate of drug-likeness (QED) is 0.639. The lowest BCUT2D eigenvalue weighted by molar-refractivity contribution is 0.463. The van der Waals surface area contributed by atoms with E-state index in [0.29, 0.717) is 23.7 Å². The summed E-state index contributed by atoms with van der Waals surface area (Å²) in [5.74, 6) is 1.27. The van der Waals surface area contributed by atoms with Gasteiger partial charge in [-0.05, 0) is 38.0 Å². The fourth-order valence-corrected chi connectivity index (χ4v) is 5.14. The predicted octanol–water partition coefficient (Wildman–Crippen LogP) is 1.90. The molecule has 0 radical (unpaired) electrons. The highest BCUT2D eigenvalue weighted by Gasteiger charge is 2.32. The second-order valence-corrected chi connectivity index (χ2v) is 9.62. The van der Waals surface area contributed by atoms with E-state index in [1.54, 1.807) is 30.5 Å². The van der Waals surface area contributed by atoms with Gasteiger partial charge in [-0.2, -0.15) is 22.6 Å².